The first-order chi connectivity index (χ1) is 11.9. The summed E-state index contributed by atoms with van der Waals surface area (Å²) in [5.41, 5.74) is 0. The van der Waals surface area contributed by atoms with Gasteiger partial charge < -0.3 is 4.57 Å². The molecule has 0 aromatic carbocycles. The van der Waals surface area contributed by atoms with Gasteiger partial charge in [-0.05, 0) is 25.7 Å². The first-order valence-corrected chi connectivity index (χ1v) is 11.0. The van der Waals surface area contributed by atoms with Gasteiger partial charge in [-0.1, -0.05) is 83.5 Å². The van der Waals surface area contributed by atoms with E-state index in [0.717, 1.165) is 6.04 Å². The molecule has 0 saturated heterocycles. The Morgan fingerprint density at radius 1 is 0.625 bits per heavy atom. The molecule has 2 aliphatic carbocycles. The summed E-state index contributed by atoms with van der Waals surface area (Å²) in [7, 11) is 0. The molecule has 0 radical (unpaired) electrons. The van der Waals surface area contributed by atoms with Crippen molar-refractivity contribution in [3.8, 4) is 0 Å². The highest BCUT2D eigenvalue weighted by Gasteiger charge is 2.21. The van der Waals surface area contributed by atoms with Gasteiger partial charge in [-0.2, -0.15) is 0 Å². The Labute approximate surface area is 149 Å². The highest BCUT2D eigenvalue weighted by molar-refractivity contribution is 5.03. The molecule has 0 N–H and O–H groups in total. The van der Waals surface area contributed by atoms with Gasteiger partial charge in [0.2, 0.25) is 0 Å². The minimum Gasteiger partial charge on any atom is -0.332 e. The van der Waals surface area contributed by atoms with E-state index in [2.05, 4.69) is 17.0 Å². The molecule has 2 aliphatic rings. The molecule has 2 saturated carbocycles. The summed E-state index contributed by atoms with van der Waals surface area (Å²) in [6.45, 7) is 0. The minimum atomic E-state index is 0.714. The van der Waals surface area contributed by atoms with E-state index < -0.39 is 0 Å². The van der Waals surface area contributed by atoms with E-state index >= 15 is 0 Å². The number of hydrogen-bond donors (Lipinski definition) is 0. The van der Waals surface area contributed by atoms with Crippen LogP contribution in [0.1, 0.15) is 127 Å². The van der Waals surface area contributed by atoms with Crippen molar-refractivity contribution in [2.45, 2.75) is 121 Å². The van der Waals surface area contributed by atoms with Gasteiger partial charge in [0.25, 0.3) is 0 Å². The van der Waals surface area contributed by atoms with Crippen molar-refractivity contribution in [1.29, 1.82) is 0 Å². The molecule has 1 aromatic heterocycles. The Kier molecular flexibility index (Phi) is 7.70. The first kappa shape index (κ1) is 18.0. The molecule has 2 heteroatoms. The van der Waals surface area contributed by atoms with Gasteiger partial charge in [-0.15, -0.1) is 0 Å². The SMILES string of the molecule is c1cn(C2CCCCCCCC2)c(C2CCCCCCCCC2)n1. The second-order valence-electron chi connectivity index (χ2n) is 8.29. The van der Waals surface area contributed by atoms with Crippen LogP contribution in [0.4, 0.5) is 0 Å². The van der Waals surface area contributed by atoms with Gasteiger partial charge in [0.1, 0.15) is 5.82 Å². The average molecular weight is 331 g/mol. The van der Waals surface area contributed by atoms with Crippen molar-refractivity contribution in [1.82, 2.24) is 9.55 Å². The summed E-state index contributed by atoms with van der Waals surface area (Å²) in [5.74, 6) is 2.14. The molecule has 2 fully saturated rings. The fourth-order valence-corrected chi connectivity index (χ4v) is 4.91. The summed E-state index contributed by atoms with van der Waals surface area (Å²) in [4.78, 5) is 4.88. The molecule has 24 heavy (non-hydrogen) atoms. The molecule has 0 atom stereocenters. The van der Waals surface area contributed by atoms with Crippen molar-refractivity contribution >= 4 is 0 Å². The molecular formula is C22H38N2. The predicted octanol–water partition coefficient (Wildman–Crippen LogP) is 7.17. The Hall–Kier alpha value is -0.790. The van der Waals surface area contributed by atoms with Crippen LogP contribution in [0.15, 0.2) is 12.4 Å². The van der Waals surface area contributed by atoms with Gasteiger partial charge in [0.05, 0.1) is 0 Å². The number of imidazole rings is 1. The fraction of sp³-hybridized carbons (Fsp3) is 0.864. The Bertz CT molecular complexity index is 431. The number of aromatic nitrogens is 2. The lowest BCUT2D eigenvalue weighted by Gasteiger charge is -2.25. The van der Waals surface area contributed by atoms with Crippen LogP contribution in [0.5, 0.6) is 0 Å². The van der Waals surface area contributed by atoms with Crippen LogP contribution >= 0.6 is 0 Å². The van der Waals surface area contributed by atoms with Gasteiger partial charge in [0.15, 0.2) is 0 Å². The molecule has 0 unspecified atom stereocenters. The molecule has 0 bridgehead atoms. The first-order valence-electron chi connectivity index (χ1n) is 11.0. The van der Waals surface area contributed by atoms with Crippen LogP contribution < -0.4 is 0 Å². The molecule has 0 aliphatic heterocycles. The van der Waals surface area contributed by atoms with Gasteiger partial charge in [-0.3, -0.25) is 0 Å². The van der Waals surface area contributed by atoms with Crippen LogP contribution in [0.25, 0.3) is 0 Å². The van der Waals surface area contributed by atoms with Crippen LogP contribution in [-0.2, 0) is 0 Å². The van der Waals surface area contributed by atoms with Gasteiger partial charge in [-0.25, -0.2) is 4.98 Å². The van der Waals surface area contributed by atoms with Gasteiger partial charge >= 0.3 is 0 Å². The third-order valence-corrected chi connectivity index (χ3v) is 6.39. The summed E-state index contributed by atoms with van der Waals surface area (Å²) in [6.07, 6.45) is 28.5. The average Bonchev–Trinajstić information content (AvgIpc) is 3.12. The zero-order chi connectivity index (χ0) is 16.5. The quantitative estimate of drug-likeness (QED) is 0.562. The summed E-state index contributed by atoms with van der Waals surface area (Å²) < 4.78 is 2.61. The topological polar surface area (TPSA) is 17.8 Å². The zero-order valence-electron chi connectivity index (χ0n) is 15.7. The maximum absolute atomic E-state index is 4.88. The maximum Gasteiger partial charge on any atom is 0.112 e. The number of rotatable bonds is 2. The lowest BCUT2D eigenvalue weighted by atomic mass is 9.91. The Morgan fingerprint density at radius 3 is 1.62 bits per heavy atom. The molecular weight excluding hydrogens is 292 g/mol. The van der Waals surface area contributed by atoms with E-state index in [1.54, 1.807) is 0 Å². The van der Waals surface area contributed by atoms with Crippen LogP contribution in [0.3, 0.4) is 0 Å². The Balaban J connectivity index is 1.69. The maximum atomic E-state index is 4.88. The van der Waals surface area contributed by atoms with Crippen molar-refractivity contribution < 1.29 is 0 Å². The number of nitrogens with zero attached hydrogens (tertiary/aromatic N) is 2. The third kappa shape index (κ3) is 5.36. The van der Waals surface area contributed by atoms with E-state index in [4.69, 9.17) is 4.98 Å². The third-order valence-electron chi connectivity index (χ3n) is 6.39. The van der Waals surface area contributed by atoms with E-state index in [1.807, 2.05) is 0 Å². The van der Waals surface area contributed by atoms with E-state index in [-0.39, 0.29) is 0 Å². The molecule has 3 rings (SSSR count). The second-order valence-corrected chi connectivity index (χ2v) is 8.29. The van der Waals surface area contributed by atoms with E-state index in [1.165, 1.54) is 115 Å². The fourth-order valence-electron chi connectivity index (χ4n) is 4.91. The van der Waals surface area contributed by atoms with Crippen molar-refractivity contribution in [2.75, 3.05) is 0 Å². The Morgan fingerprint density at radius 2 is 1.08 bits per heavy atom. The van der Waals surface area contributed by atoms with Crippen molar-refractivity contribution in [3.63, 3.8) is 0 Å². The van der Waals surface area contributed by atoms with Gasteiger partial charge in [0, 0.05) is 24.4 Å². The summed E-state index contributed by atoms with van der Waals surface area (Å²) in [6, 6.07) is 0.719. The molecule has 0 amide bonds. The molecule has 1 aromatic rings. The smallest absolute Gasteiger partial charge is 0.112 e. The lowest BCUT2D eigenvalue weighted by molar-refractivity contribution is 0.375. The predicted molar refractivity (Wildman–Crippen MR) is 102 cm³/mol. The monoisotopic (exact) mass is 330 g/mol. The number of hydrogen-bond acceptors (Lipinski definition) is 1. The molecule has 136 valence electrons. The minimum absolute atomic E-state index is 0.714. The lowest BCUT2D eigenvalue weighted by Crippen LogP contribution is -2.15. The summed E-state index contributed by atoms with van der Waals surface area (Å²) in [5, 5.41) is 0. The van der Waals surface area contributed by atoms with E-state index in [9.17, 15) is 0 Å². The molecule has 0 spiro atoms. The molecule has 2 nitrogen and oxygen atoms in total. The van der Waals surface area contributed by atoms with Crippen molar-refractivity contribution in [2.24, 2.45) is 0 Å². The van der Waals surface area contributed by atoms with Crippen molar-refractivity contribution in [3.05, 3.63) is 18.2 Å². The van der Waals surface area contributed by atoms with Crippen LogP contribution in [0.2, 0.25) is 0 Å². The summed E-state index contributed by atoms with van der Waals surface area (Å²) >= 11 is 0. The second kappa shape index (κ2) is 10.3. The van der Waals surface area contributed by atoms with Crippen LogP contribution in [-0.4, -0.2) is 9.55 Å². The standard InChI is InChI=1S/C22H38N2/c1-2-6-10-14-20(15-11-7-3-1)22-23-18-19-24(22)21-16-12-8-4-5-9-13-17-21/h18-21H,1-17H2. The molecule has 1 heterocycles. The van der Waals surface area contributed by atoms with E-state index in [0.29, 0.717) is 5.92 Å². The highest BCUT2D eigenvalue weighted by Crippen LogP contribution is 2.33. The normalized spacial score (nSPS) is 24.0. The highest BCUT2D eigenvalue weighted by atomic mass is 15.1. The largest absolute Gasteiger partial charge is 0.332 e. The van der Waals surface area contributed by atoms with Crippen LogP contribution in [0, 0.1) is 0 Å². The zero-order valence-corrected chi connectivity index (χ0v) is 15.7.